The van der Waals surface area contributed by atoms with Crippen LogP contribution in [0.4, 0.5) is 5.69 Å². The molecular formula is C19H15ClN2O4. The molecule has 0 aromatic heterocycles. The Bertz CT molecular complexity index is 969. The molecule has 26 heavy (non-hydrogen) atoms. The zero-order valence-electron chi connectivity index (χ0n) is 13.6. The molecule has 0 aliphatic heterocycles. The van der Waals surface area contributed by atoms with Gasteiger partial charge in [-0.15, -0.1) is 0 Å². The lowest BCUT2D eigenvalue weighted by Crippen LogP contribution is -2.28. The highest BCUT2D eigenvalue weighted by atomic mass is 35.5. The number of nitrogens with zero attached hydrogens (tertiary/aromatic N) is 1. The van der Waals surface area contributed by atoms with Crippen molar-refractivity contribution >= 4 is 34.0 Å². The smallest absolute Gasteiger partial charge is 0.270 e. The number of carbonyl (C=O) groups excluding carboxylic acids is 1. The summed E-state index contributed by atoms with van der Waals surface area (Å²) >= 11 is 5.96. The van der Waals surface area contributed by atoms with Crippen LogP contribution >= 0.6 is 11.6 Å². The third-order valence-electron chi connectivity index (χ3n) is 3.80. The molecule has 3 aromatic carbocycles. The summed E-state index contributed by atoms with van der Waals surface area (Å²) in [5.74, 6) is 0.242. The Balaban J connectivity index is 1.61. The molecule has 0 spiro atoms. The Kier molecular flexibility index (Phi) is 5.34. The molecule has 7 heteroatoms. The number of rotatable bonds is 6. The topological polar surface area (TPSA) is 81.5 Å². The summed E-state index contributed by atoms with van der Waals surface area (Å²) in [6, 6.07) is 17.3. The van der Waals surface area contributed by atoms with Gasteiger partial charge in [-0.3, -0.25) is 14.9 Å². The van der Waals surface area contributed by atoms with E-state index in [0.29, 0.717) is 0 Å². The van der Waals surface area contributed by atoms with E-state index in [-0.39, 0.29) is 29.4 Å². The minimum absolute atomic E-state index is 0.0611. The Hall–Kier alpha value is -3.12. The summed E-state index contributed by atoms with van der Waals surface area (Å²) in [4.78, 5) is 22.4. The van der Waals surface area contributed by atoms with Crippen molar-refractivity contribution in [2.45, 2.75) is 0 Å². The van der Waals surface area contributed by atoms with Crippen molar-refractivity contribution in [3.05, 3.63) is 81.4 Å². The fraction of sp³-hybridized carbons (Fsp3) is 0.105. The van der Waals surface area contributed by atoms with Gasteiger partial charge < -0.3 is 10.1 Å². The van der Waals surface area contributed by atoms with E-state index in [1.807, 2.05) is 42.5 Å². The first-order chi connectivity index (χ1) is 12.6. The number of fused-ring (bicyclic) bond motifs is 1. The van der Waals surface area contributed by atoms with Gasteiger partial charge in [0, 0.05) is 17.5 Å². The van der Waals surface area contributed by atoms with E-state index in [0.717, 1.165) is 22.6 Å². The highest BCUT2D eigenvalue weighted by molar-refractivity contribution is 6.33. The van der Waals surface area contributed by atoms with Crippen molar-refractivity contribution in [3.8, 4) is 5.75 Å². The van der Waals surface area contributed by atoms with E-state index in [1.54, 1.807) is 0 Å². The molecule has 0 aliphatic carbocycles. The largest absolute Gasteiger partial charge is 0.491 e. The van der Waals surface area contributed by atoms with Crippen molar-refractivity contribution in [2.75, 3.05) is 13.2 Å². The predicted octanol–water partition coefficient (Wildman–Crippen LogP) is 4.21. The molecule has 0 saturated carbocycles. The van der Waals surface area contributed by atoms with Gasteiger partial charge in [0.2, 0.25) is 0 Å². The highest BCUT2D eigenvalue weighted by Crippen LogP contribution is 2.25. The van der Waals surface area contributed by atoms with Gasteiger partial charge in [-0.05, 0) is 17.5 Å². The van der Waals surface area contributed by atoms with Crippen molar-refractivity contribution in [1.29, 1.82) is 0 Å². The molecule has 0 heterocycles. The molecule has 0 saturated heterocycles. The SMILES string of the molecule is O=C(NCCOc1cccc2ccccc12)c1cc([N+](=O)[O-])ccc1Cl. The molecular weight excluding hydrogens is 356 g/mol. The van der Waals surface area contributed by atoms with E-state index in [4.69, 9.17) is 16.3 Å². The molecule has 0 unspecified atom stereocenters. The van der Waals surface area contributed by atoms with Gasteiger partial charge in [-0.2, -0.15) is 0 Å². The average molecular weight is 371 g/mol. The summed E-state index contributed by atoms with van der Waals surface area (Å²) in [5.41, 5.74) is -0.127. The van der Waals surface area contributed by atoms with Gasteiger partial charge in [0.25, 0.3) is 11.6 Å². The Labute approximate surface area is 154 Å². The van der Waals surface area contributed by atoms with Crippen LogP contribution in [0.15, 0.2) is 60.7 Å². The predicted molar refractivity (Wildman–Crippen MR) is 99.9 cm³/mol. The molecule has 0 aliphatic rings. The number of non-ortho nitro benzene ring substituents is 1. The standard InChI is InChI=1S/C19H15ClN2O4/c20-17-9-8-14(22(24)25)12-16(17)19(23)21-10-11-26-18-7-3-5-13-4-1-2-6-15(13)18/h1-9,12H,10-11H2,(H,21,23). The first-order valence-corrected chi connectivity index (χ1v) is 8.27. The minimum atomic E-state index is -0.573. The average Bonchev–Trinajstić information content (AvgIpc) is 2.65. The van der Waals surface area contributed by atoms with E-state index < -0.39 is 10.8 Å². The minimum Gasteiger partial charge on any atom is -0.491 e. The summed E-state index contributed by atoms with van der Waals surface area (Å²) in [7, 11) is 0. The molecule has 3 aromatic rings. The number of amides is 1. The van der Waals surface area contributed by atoms with Crippen LogP contribution in [0.5, 0.6) is 5.75 Å². The van der Waals surface area contributed by atoms with Crippen molar-refractivity contribution in [2.24, 2.45) is 0 Å². The van der Waals surface area contributed by atoms with Crippen LogP contribution in [0.2, 0.25) is 5.02 Å². The second-order valence-corrected chi connectivity index (χ2v) is 5.91. The molecule has 1 amide bonds. The number of ether oxygens (including phenoxy) is 1. The van der Waals surface area contributed by atoms with Crippen molar-refractivity contribution < 1.29 is 14.5 Å². The first-order valence-electron chi connectivity index (χ1n) is 7.89. The molecule has 0 bridgehead atoms. The molecule has 132 valence electrons. The summed E-state index contributed by atoms with van der Waals surface area (Å²) < 4.78 is 5.74. The number of nitro benzene ring substituents is 1. The third-order valence-corrected chi connectivity index (χ3v) is 4.13. The Morgan fingerprint density at radius 3 is 2.69 bits per heavy atom. The van der Waals surface area contributed by atoms with Gasteiger partial charge in [0.15, 0.2) is 0 Å². The maximum Gasteiger partial charge on any atom is 0.270 e. The molecule has 0 atom stereocenters. The molecule has 1 N–H and O–H groups in total. The van der Waals surface area contributed by atoms with Crippen LogP contribution in [0.3, 0.4) is 0 Å². The second-order valence-electron chi connectivity index (χ2n) is 5.50. The van der Waals surface area contributed by atoms with E-state index in [9.17, 15) is 14.9 Å². The lowest BCUT2D eigenvalue weighted by Gasteiger charge is -2.10. The highest BCUT2D eigenvalue weighted by Gasteiger charge is 2.15. The monoisotopic (exact) mass is 370 g/mol. The van der Waals surface area contributed by atoms with Gasteiger partial charge in [0.1, 0.15) is 12.4 Å². The van der Waals surface area contributed by atoms with Crippen molar-refractivity contribution in [1.82, 2.24) is 5.32 Å². The van der Waals surface area contributed by atoms with E-state index in [1.165, 1.54) is 12.1 Å². The number of hydrogen-bond acceptors (Lipinski definition) is 4. The number of benzene rings is 3. The summed E-state index contributed by atoms with van der Waals surface area (Å²) in [6.45, 7) is 0.493. The van der Waals surface area contributed by atoms with Crippen molar-refractivity contribution in [3.63, 3.8) is 0 Å². The Morgan fingerprint density at radius 2 is 1.88 bits per heavy atom. The van der Waals surface area contributed by atoms with Crippen LogP contribution in [0, 0.1) is 10.1 Å². The van der Waals surface area contributed by atoms with E-state index >= 15 is 0 Å². The van der Waals surface area contributed by atoms with Crippen LogP contribution in [0.25, 0.3) is 10.8 Å². The molecule has 0 radical (unpaired) electrons. The zero-order chi connectivity index (χ0) is 18.5. The fourth-order valence-electron chi connectivity index (χ4n) is 2.54. The maximum absolute atomic E-state index is 12.2. The quantitative estimate of drug-likeness (QED) is 0.400. The third kappa shape index (κ3) is 3.92. The molecule has 6 nitrogen and oxygen atoms in total. The lowest BCUT2D eigenvalue weighted by atomic mass is 10.1. The van der Waals surface area contributed by atoms with Crippen LogP contribution in [0.1, 0.15) is 10.4 Å². The van der Waals surface area contributed by atoms with Gasteiger partial charge in [-0.25, -0.2) is 0 Å². The van der Waals surface area contributed by atoms with Gasteiger partial charge >= 0.3 is 0 Å². The number of hydrogen-bond donors (Lipinski definition) is 1. The fourth-order valence-corrected chi connectivity index (χ4v) is 2.75. The summed E-state index contributed by atoms with van der Waals surface area (Å²) in [5, 5.41) is 15.7. The normalized spacial score (nSPS) is 10.5. The number of nitro groups is 1. The van der Waals surface area contributed by atoms with Gasteiger partial charge in [-0.1, -0.05) is 48.0 Å². The number of carbonyl (C=O) groups is 1. The second kappa shape index (κ2) is 7.84. The first kappa shape index (κ1) is 17.7. The van der Waals surface area contributed by atoms with Crippen LogP contribution in [-0.4, -0.2) is 24.0 Å². The molecule has 0 fully saturated rings. The van der Waals surface area contributed by atoms with Gasteiger partial charge in [0.05, 0.1) is 22.1 Å². The van der Waals surface area contributed by atoms with Crippen LogP contribution in [-0.2, 0) is 0 Å². The van der Waals surface area contributed by atoms with Crippen LogP contribution < -0.4 is 10.1 Å². The maximum atomic E-state index is 12.2. The lowest BCUT2D eigenvalue weighted by molar-refractivity contribution is -0.384. The zero-order valence-corrected chi connectivity index (χ0v) is 14.4. The molecule has 3 rings (SSSR count). The number of halogens is 1. The van der Waals surface area contributed by atoms with E-state index in [2.05, 4.69) is 5.32 Å². The Morgan fingerprint density at radius 1 is 1.12 bits per heavy atom. The summed E-state index contributed by atoms with van der Waals surface area (Å²) in [6.07, 6.45) is 0. The number of nitrogens with one attached hydrogen (secondary N) is 1.